The van der Waals surface area contributed by atoms with Crippen molar-refractivity contribution in [1.82, 2.24) is 0 Å². The number of Topliss-reactive ketones (excluding diaryl/α,β-unsaturated/α-hetero) is 1. The number of hydrogen-bond acceptors (Lipinski definition) is 2. The van der Waals surface area contributed by atoms with Gasteiger partial charge in [-0.1, -0.05) is 28.8 Å². The number of carbonyl (C=O) groups excluding carboxylic acids is 1. The smallest absolute Gasteiger partial charge is 0.168 e. The van der Waals surface area contributed by atoms with Gasteiger partial charge in [-0.05, 0) is 38.1 Å². The van der Waals surface area contributed by atoms with E-state index in [1.54, 1.807) is 0 Å². The molecule has 17 heavy (non-hydrogen) atoms. The number of halogens is 1. The summed E-state index contributed by atoms with van der Waals surface area (Å²) in [5.74, 6) is 0.148. The molecule has 1 nitrogen and oxygen atoms in total. The van der Waals surface area contributed by atoms with Gasteiger partial charge in [-0.25, -0.2) is 0 Å². The standard InChI is InChI=1S/C14H13ClOS/c1-9-5-10(2)7-11(6-9)13(16)8-12-3-4-14(15)17-12/h3-7H,8H2,1-2H3. The summed E-state index contributed by atoms with van der Waals surface area (Å²) in [5, 5.41) is 0. The summed E-state index contributed by atoms with van der Waals surface area (Å²) >= 11 is 7.31. The highest BCUT2D eigenvalue weighted by Crippen LogP contribution is 2.23. The first-order valence-corrected chi connectivity index (χ1v) is 6.60. The summed E-state index contributed by atoms with van der Waals surface area (Å²) in [4.78, 5) is 13.1. The van der Waals surface area contributed by atoms with Crippen molar-refractivity contribution in [3.05, 3.63) is 56.2 Å². The fourth-order valence-electron chi connectivity index (χ4n) is 1.84. The third-order valence-electron chi connectivity index (χ3n) is 2.51. The minimum atomic E-state index is 0.148. The van der Waals surface area contributed by atoms with Gasteiger partial charge in [0.15, 0.2) is 5.78 Å². The second kappa shape index (κ2) is 5.03. The van der Waals surface area contributed by atoms with Crippen LogP contribution in [0, 0.1) is 13.8 Å². The van der Waals surface area contributed by atoms with Crippen LogP contribution in [0.4, 0.5) is 0 Å². The third kappa shape index (κ3) is 3.18. The molecule has 0 aliphatic heterocycles. The Morgan fingerprint density at radius 1 is 1.18 bits per heavy atom. The molecule has 0 saturated heterocycles. The van der Waals surface area contributed by atoms with Gasteiger partial charge < -0.3 is 0 Å². The number of rotatable bonds is 3. The largest absolute Gasteiger partial charge is 0.294 e. The Labute approximate surface area is 110 Å². The lowest BCUT2D eigenvalue weighted by atomic mass is 10.0. The molecule has 3 heteroatoms. The zero-order valence-electron chi connectivity index (χ0n) is 9.79. The molecule has 0 radical (unpaired) electrons. The van der Waals surface area contributed by atoms with Crippen molar-refractivity contribution in [2.24, 2.45) is 0 Å². The number of thiophene rings is 1. The molecule has 2 aromatic rings. The van der Waals surface area contributed by atoms with Crippen molar-refractivity contribution >= 4 is 28.7 Å². The summed E-state index contributed by atoms with van der Waals surface area (Å²) < 4.78 is 0.730. The highest BCUT2D eigenvalue weighted by Gasteiger charge is 2.09. The molecule has 0 atom stereocenters. The maximum Gasteiger partial charge on any atom is 0.168 e. The molecule has 1 aromatic heterocycles. The topological polar surface area (TPSA) is 17.1 Å². The maximum absolute atomic E-state index is 12.1. The lowest BCUT2D eigenvalue weighted by molar-refractivity contribution is 0.0993. The average Bonchev–Trinajstić information content (AvgIpc) is 2.62. The van der Waals surface area contributed by atoms with E-state index in [4.69, 9.17) is 11.6 Å². The van der Waals surface area contributed by atoms with Gasteiger partial charge in [0.2, 0.25) is 0 Å². The molecule has 0 N–H and O–H groups in total. The van der Waals surface area contributed by atoms with Crippen LogP contribution in [0.5, 0.6) is 0 Å². The van der Waals surface area contributed by atoms with Crippen molar-refractivity contribution in [2.45, 2.75) is 20.3 Å². The Bertz CT molecular complexity index is 537. The van der Waals surface area contributed by atoms with Crippen LogP contribution in [0.1, 0.15) is 26.4 Å². The summed E-state index contributed by atoms with van der Waals surface area (Å²) in [6.45, 7) is 4.01. The third-order valence-corrected chi connectivity index (χ3v) is 3.74. The lowest BCUT2D eigenvalue weighted by Crippen LogP contribution is -2.03. The fraction of sp³-hybridized carbons (Fsp3) is 0.214. The van der Waals surface area contributed by atoms with Crippen LogP contribution >= 0.6 is 22.9 Å². The van der Waals surface area contributed by atoms with Crippen molar-refractivity contribution in [2.75, 3.05) is 0 Å². The van der Waals surface area contributed by atoms with E-state index >= 15 is 0 Å². The van der Waals surface area contributed by atoms with E-state index in [2.05, 4.69) is 6.07 Å². The van der Waals surface area contributed by atoms with E-state index in [0.717, 1.165) is 25.9 Å². The molecule has 1 heterocycles. The Hall–Kier alpha value is -1.12. The van der Waals surface area contributed by atoms with Crippen LogP contribution in [0.3, 0.4) is 0 Å². The Kier molecular flexibility index (Phi) is 3.65. The van der Waals surface area contributed by atoms with Crippen LogP contribution < -0.4 is 0 Å². The Morgan fingerprint density at radius 3 is 2.35 bits per heavy atom. The van der Waals surface area contributed by atoms with Crippen LogP contribution in [0.25, 0.3) is 0 Å². The second-order valence-electron chi connectivity index (χ2n) is 4.18. The maximum atomic E-state index is 12.1. The van der Waals surface area contributed by atoms with Gasteiger partial charge in [-0.3, -0.25) is 4.79 Å². The van der Waals surface area contributed by atoms with Gasteiger partial charge in [-0.15, -0.1) is 11.3 Å². The molecular weight excluding hydrogens is 252 g/mol. The first-order valence-electron chi connectivity index (χ1n) is 5.40. The summed E-state index contributed by atoms with van der Waals surface area (Å²) in [6.07, 6.45) is 0.431. The first kappa shape index (κ1) is 12.3. The Balaban J connectivity index is 2.19. The average molecular weight is 265 g/mol. The van der Waals surface area contributed by atoms with E-state index in [1.165, 1.54) is 11.3 Å². The first-order chi connectivity index (χ1) is 8.04. The molecule has 0 unspecified atom stereocenters. The molecular formula is C14H13ClOS. The predicted octanol–water partition coefficient (Wildman–Crippen LogP) is 4.44. The minimum Gasteiger partial charge on any atom is -0.294 e. The summed E-state index contributed by atoms with van der Waals surface area (Å²) in [5.41, 5.74) is 3.03. The summed E-state index contributed by atoms with van der Waals surface area (Å²) in [7, 11) is 0. The molecule has 0 amide bonds. The quantitative estimate of drug-likeness (QED) is 0.749. The number of hydrogen-bond donors (Lipinski definition) is 0. The van der Waals surface area contributed by atoms with E-state index in [9.17, 15) is 4.79 Å². The molecule has 88 valence electrons. The van der Waals surface area contributed by atoms with Gasteiger partial charge in [0.25, 0.3) is 0 Å². The van der Waals surface area contributed by atoms with Crippen molar-refractivity contribution in [3.8, 4) is 0 Å². The molecule has 0 spiro atoms. The monoisotopic (exact) mass is 264 g/mol. The van der Waals surface area contributed by atoms with Crippen LogP contribution in [0.15, 0.2) is 30.3 Å². The van der Waals surface area contributed by atoms with E-state index in [-0.39, 0.29) is 5.78 Å². The molecule has 0 aliphatic rings. The SMILES string of the molecule is Cc1cc(C)cc(C(=O)Cc2ccc(Cl)s2)c1. The van der Waals surface area contributed by atoms with E-state index < -0.39 is 0 Å². The molecule has 0 fully saturated rings. The molecule has 0 saturated carbocycles. The van der Waals surface area contributed by atoms with Crippen molar-refractivity contribution in [3.63, 3.8) is 0 Å². The van der Waals surface area contributed by atoms with Crippen LogP contribution in [0.2, 0.25) is 4.34 Å². The van der Waals surface area contributed by atoms with Crippen LogP contribution in [-0.4, -0.2) is 5.78 Å². The zero-order chi connectivity index (χ0) is 12.4. The number of carbonyl (C=O) groups is 1. The number of aryl methyl sites for hydroxylation is 2. The van der Waals surface area contributed by atoms with Gasteiger partial charge in [0, 0.05) is 16.9 Å². The van der Waals surface area contributed by atoms with Gasteiger partial charge in [0.1, 0.15) is 0 Å². The van der Waals surface area contributed by atoms with Gasteiger partial charge >= 0.3 is 0 Å². The fourth-order valence-corrected chi connectivity index (χ4v) is 2.93. The molecule has 0 bridgehead atoms. The van der Waals surface area contributed by atoms with Crippen molar-refractivity contribution in [1.29, 1.82) is 0 Å². The summed E-state index contributed by atoms with van der Waals surface area (Å²) in [6, 6.07) is 9.68. The molecule has 1 aromatic carbocycles. The van der Waals surface area contributed by atoms with Gasteiger partial charge in [-0.2, -0.15) is 0 Å². The number of ketones is 1. The molecule has 2 rings (SSSR count). The molecule has 0 aliphatic carbocycles. The number of benzene rings is 1. The second-order valence-corrected chi connectivity index (χ2v) is 5.98. The zero-order valence-corrected chi connectivity index (χ0v) is 11.4. The van der Waals surface area contributed by atoms with E-state index in [0.29, 0.717) is 6.42 Å². The van der Waals surface area contributed by atoms with Crippen molar-refractivity contribution < 1.29 is 4.79 Å². The van der Waals surface area contributed by atoms with E-state index in [1.807, 2.05) is 38.1 Å². The van der Waals surface area contributed by atoms with Crippen LogP contribution in [-0.2, 0) is 6.42 Å². The Morgan fingerprint density at radius 2 is 1.82 bits per heavy atom. The minimum absolute atomic E-state index is 0.148. The highest BCUT2D eigenvalue weighted by molar-refractivity contribution is 7.16. The lowest BCUT2D eigenvalue weighted by Gasteiger charge is -2.03. The normalized spacial score (nSPS) is 10.5. The van der Waals surface area contributed by atoms with Gasteiger partial charge in [0.05, 0.1) is 4.34 Å². The predicted molar refractivity (Wildman–Crippen MR) is 73.3 cm³/mol. The highest BCUT2D eigenvalue weighted by atomic mass is 35.5.